The van der Waals surface area contributed by atoms with Crippen LogP contribution in [0.3, 0.4) is 0 Å². The molecule has 1 saturated heterocycles. The summed E-state index contributed by atoms with van der Waals surface area (Å²) in [6.07, 6.45) is 2.45. The molecule has 1 N–H and O–H groups in total. The molecular weight excluding hydrogens is 256 g/mol. The number of carbonyl (C=O) groups excluding carboxylic acids is 2. The molecule has 2 rings (SSSR count). The zero-order chi connectivity index (χ0) is 14.5. The molecule has 20 heavy (non-hydrogen) atoms. The molecule has 1 aromatic rings. The van der Waals surface area contributed by atoms with Crippen molar-refractivity contribution >= 4 is 17.5 Å². The van der Waals surface area contributed by atoms with Crippen molar-refractivity contribution in [1.29, 1.82) is 0 Å². The van der Waals surface area contributed by atoms with Crippen LogP contribution < -0.4 is 10.1 Å². The number of aryl methyl sites for hydroxylation is 1. The summed E-state index contributed by atoms with van der Waals surface area (Å²) in [5, 5.41) is 2.81. The van der Waals surface area contributed by atoms with Gasteiger partial charge in [-0.1, -0.05) is 0 Å². The van der Waals surface area contributed by atoms with Crippen molar-refractivity contribution in [3.63, 3.8) is 0 Å². The second-order valence-corrected chi connectivity index (χ2v) is 5.00. The average Bonchev–Trinajstić information content (AvgIpc) is 2.41. The van der Waals surface area contributed by atoms with E-state index in [0.717, 1.165) is 29.8 Å². The summed E-state index contributed by atoms with van der Waals surface area (Å²) in [5.41, 5.74) is 1.68. The number of anilines is 1. The highest BCUT2D eigenvalue weighted by atomic mass is 16.5. The number of rotatable bonds is 4. The molecule has 0 aromatic heterocycles. The van der Waals surface area contributed by atoms with E-state index in [1.807, 2.05) is 19.1 Å². The van der Waals surface area contributed by atoms with E-state index in [0.29, 0.717) is 13.0 Å². The number of nitrogens with zero attached hydrogens (tertiary/aromatic N) is 1. The van der Waals surface area contributed by atoms with Gasteiger partial charge in [0.1, 0.15) is 5.75 Å². The molecule has 1 aliphatic rings. The van der Waals surface area contributed by atoms with Crippen LogP contribution in [-0.4, -0.2) is 36.9 Å². The number of carbonyl (C=O) groups is 2. The van der Waals surface area contributed by atoms with Gasteiger partial charge in [-0.3, -0.25) is 9.59 Å². The van der Waals surface area contributed by atoms with Gasteiger partial charge in [0.25, 0.3) is 0 Å². The van der Waals surface area contributed by atoms with Crippen molar-refractivity contribution < 1.29 is 14.3 Å². The first-order valence-corrected chi connectivity index (χ1v) is 6.82. The lowest BCUT2D eigenvalue weighted by Gasteiger charge is -2.26. The predicted molar refractivity (Wildman–Crippen MR) is 76.8 cm³/mol. The Hall–Kier alpha value is -2.04. The summed E-state index contributed by atoms with van der Waals surface area (Å²) >= 11 is 0. The Labute approximate surface area is 118 Å². The van der Waals surface area contributed by atoms with E-state index in [4.69, 9.17) is 4.74 Å². The monoisotopic (exact) mass is 276 g/mol. The van der Waals surface area contributed by atoms with Crippen LogP contribution in [0.5, 0.6) is 5.75 Å². The zero-order valence-electron chi connectivity index (χ0n) is 11.9. The van der Waals surface area contributed by atoms with Crippen LogP contribution in [0, 0.1) is 6.92 Å². The third kappa shape index (κ3) is 3.50. The van der Waals surface area contributed by atoms with Gasteiger partial charge in [0.2, 0.25) is 11.8 Å². The molecule has 5 heteroatoms. The molecule has 0 spiro atoms. The Morgan fingerprint density at radius 2 is 2.20 bits per heavy atom. The predicted octanol–water partition coefficient (Wildman–Crippen LogP) is 1.95. The van der Waals surface area contributed by atoms with Crippen molar-refractivity contribution in [3.05, 3.63) is 23.8 Å². The third-order valence-electron chi connectivity index (χ3n) is 3.43. The number of benzene rings is 1. The molecule has 1 aromatic carbocycles. The standard InChI is InChI=1S/C15H20N2O3/c1-11-9-12(6-7-13(11)20-2)16-14(18)10-17-8-4-3-5-15(17)19/h6-7,9H,3-5,8,10H2,1-2H3,(H,16,18). The minimum absolute atomic E-state index is 0.0670. The van der Waals surface area contributed by atoms with E-state index >= 15 is 0 Å². The summed E-state index contributed by atoms with van der Waals surface area (Å²) in [7, 11) is 1.61. The van der Waals surface area contributed by atoms with Crippen molar-refractivity contribution in [3.8, 4) is 5.75 Å². The van der Waals surface area contributed by atoms with Crippen LogP contribution in [0.2, 0.25) is 0 Å². The SMILES string of the molecule is COc1ccc(NC(=O)CN2CCCCC2=O)cc1C. The lowest BCUT2D eigenvalue weighted by Crippen LogP contribution is -2.40. The molecule has 2 amide bonds. The summed E-state index contributed by atoms with van der Waals surface area (Å²) in [5.74, 6) is 0.691. The smallest absolute Gasteiger partial charge is 0.243 e. The molecular formula is C15H20N2O3. The molecule has 1 aliphatic heterocycles. The molecule has 1 fully saturated rings. The van der Waals surface area contributed by atoms with E-state index in [9.17, 15) is 9.59 Å². The van der Waals surface area contributed by atoms with E-state index in [2.05, 4.69) is 5.32 Å². The van der Waals surface area contributed by atoms with Crippen molar-refractivity contribution in [1.82, 2.24) is 4.90 Å². The molecule has 0 radical (unpaired) electrons. The van der Waals surface area contributed by atoms with Crippen molar-refractivity contribution in [2.45, 2.75) is 26.2 Å². The number of ether oxygens (including phenoxy) is 1. The first kappa shape index (κ1) is 14.4. The largest absolute Gasteiger partial charge is 0.496 e. The fourth-order valence-electron chi connectivity index (χ4n) is 2.36. The molecule has 0 saturated carbocycles. The Balaban J connectivity index is 1.94. The maximum Gasteiger partial charge on any atom is 0.243 e. The third-order valence-corrected chi connectivity index (χ3v) is 3.43. The van der Waals surface area contributed by atoms with Gasteiger partial charge in [0, 0.05) is 18.7 Å². The molecule has 1 heterocycles. The molecule has 0 atom stereocenters. The molecule has 5 nitrogen and oxygen atoms in total. The second kappa shape index (κ2) is 6.41. The second-order valence-electron chi connectivity index (χ2n) is 5.00. The summed E-state index contributed by atoms with van der Waals surface area (Å²) in [6.45, 7) is 2.72. The van der Waals surface area contributed by atoms with Crippen LogP contribution in [0.25, 0.3) is 0 Å². The van der Waals surface area contributed by atoms with E-state index in [-0.39, 0.29) is 18.4 Å². The number of likely N-dealkylation sites (tertiary alicyclic amines) is 1. The number of piperidine rings is 1. The van der Waals surface area contributed by atoms with Crippen LogP contribution in [-0.2, 0) is 9.59 Å². The Kier molecular flexibility index (Phi) is 4.61. The quantitative estimate of drug-likeness (QED) is 0.914. The van der Waals surface area contributed by atoms with Crippen molar-refractivity contribution in [2.75, 3.05) is 25.5 Å². The Morgan fingerprint density at radius 3 is 2.85 bits per heavy atom. The first-order chi connectivity index (χ1) is 9.60. The maximum absolute atomic E-state index is 12.0. The number of hydrogen-bond donors (Lipinski definition) is 1. The van der Waals surface area contributed by atoms with Gasteiger partial charge >= 0.3 is 0 Å². The molecule has 0 unspecified atom stereocenters. The average molecular weight is 276 g/mol. The topological polar surface area (TPSA) is 58.6 Å². The molecule has 108 valence electrons. The van der Waals surface area contributed by atoms with E-state index in [1.54, 1.807) is 18.1 Å². The number of hydrogen-bond acceptors (Lipinski definition) is 3. The van der Waals surface area contributed by atoms with Crippen LogP contribution >= 0.6 is 0 Å². The Morgan fingerprint density at radius 1 is 1.40 bits per heavy atom. The van der Waals surface area contributed by atoms with Gasteiger partial charge in [0.05, 0.1) is 13.7 Å². The highest BCUT2D eigenvalue weighted by Gasteiger charge is 2.20. The van der Waals surface area contributed by atoms with E-state index in [1.165, 1.54) is 0 Å². The minimum atomic E-state index is -0.162. The zero-order valence-corrected chi connectivity index (χ0v) is 11.9. The fourth-order valence-corrected chi connectivity index (χ4v) is 2.36. The van der Waals surface area contributed by atoms with Gasteiger partial charge in [0.15, 0.2) is 0 Å². The van der Waals surface area contributed by atoms with Gasteiger partial charge < -0.3 is 15.0 Å². The summed E-state index contributed by atoms with van der Waals surface area (Å²) in [6, 6.07) is 5.47. The number of amides is 2. The lowest BCUT2D eigenvalue weighted by molar-refractivity contribution is -0.136. The van der Waals surface area contributed by atoms with Crippen LogP contribution in [0.1, 0.15) is 24.8 Å². The van der Waals surface area contributed by atoms with Gasteiger partial charge in [-0.15, -0.1) is 0 Å². The molecule has 0 bridgehead atoms. The van der Waals surface area contributed by atoms with Gasteiger partial charge in [-0.2, -0.15) is 0 Å². The summed E-state index contributed by atoms with van der Waals surface area (Å²) < 4.78 is 5.17. The Bertz CT molecular complexity index is 514. The van der Waals surface area contributed by atoms with Crippen LogP contribution in [0.4, 0.5) is 5.69 Å². The number of methoxy groups -OCH3 is 1. The lowest BCUT2D eigenvalue weighted by atomic mass is 10.1. The van der Waals surface area contributed by atoms with Gasteiger partial charge in [-0.25, -0.2) is 0 Å². The fraction of sp³-hybridized carbons (Fsp3) is 0.467. The maximum atomic E-state index is 12.0. The highest BCUT2D eigenvalue weighted by Crippen LogP contribution is 2.21. The van der Waals surface area contributed by atoms with Gasteiger partial charge in [-0.05, 0) is 43.5 Å². The normalized spacial score (nSPS) is 15.1. The van der Waals surface area contributed by atoms with Crippen molar-refractivity contribution in [2.24, 2.45) is 0 Å². The van der Waals surface area contributed by atoms with E-state index < -0.39 is 0 Å². The number of nitrogens with one attached hydrogen (secondary N) is 1. The highest BCUT2D eigenvalue weighted by molar-refractivity contribution is 5.94. The molecule has 0 aliphatic carbocycles. The first-order valence-electron chi connectivity index (χ1n) is 6.82. The summed E-state index contributed by atoms with van der Waals surface area (Å²) in [4.78, 5) is 25.2. The van der Waals surface area contributed by atoms with Crippen LogP contribution in [0.15, 0.2) is 18.2 Å². The minimum Gasteiger partial charge on any atom is -0.496 e.